The van der Waals surface area contributed by atoms with E-state index in [1.807, 2.05) is 31.2 Å². The van der Waals surface area contributed by atoms with Crippen molar-refractivity contribution in [2.24, 2.45) is 0 Å². The van der Waals surface area contributed by atoms with Gasteiger partial charge in [-0.3, -0.25) is 0 Å². The third-order valence-corrected chi connectivity index (χ3v) is 5.36. The number of halogens is 1. The Morgan fingerprint density at radius 3 is 2.55 bits per heavy atom. The lowest BCUT2D eigenvalue weighted by Crippen LogP contribution is -2.24. The molecule has 6 heteroatoms. The van der Waals surface area contributed by atoms with E-state index in [-0.39, 0.29) is 6.54 Å². The van der Waals surface area contributed by atoms with Crippen molar-refractivity contribution in [3.05, 3.63) is 57.6 Å². The Kier molecular flexibility index (Phi) is 5.26. The van der Waals surface area contributed by atoms with Crippen LogP contribution in [0, 0.1) is 13.8 Å². The van der Waals surface area contributed by atoms with Gasteiger partial charge in [-0.2, -0.15) is 0 Å². The predicted octanol–water partition coefficient (Wildman–Crippen LogP) is 3.55. The molecule has 0 aromatic heterocycles. The maximum Gasteiger partial charge on any atom is 0.241 e. The van der Waals surface area contributed by atoms with Crippen LogP contribution >= 0.6 is 15.9 Å². The summed E-state index contributed by atoms with van der Waals surface area (Å²) in [6.07, 6.45) is 0. The number of hydrogen-bond donors (Lipinski definition) is 1. The van der Waals surface area contributed by atoms with Crippen molar-refractivity contribution in [1.29, 1.82) is 0 Å². The SMILES string of the molecule is COc1ccc(Br)cc1CNS(=O)(=O)c1cc(C)ccc1C. The molecule has 0 radical (unpaired) electrons. The first-order valence-electron chi connectivity index (χ1n) is 6.73. The molecule has 0 heterocycles. The van der Waals surface area contributed by atoms with E-state index in [0.717, 1.165) is 21.2 Å². The lowest BCUT2D eigenvalue weighted by molar-refractivity contribution is 0.409. The fourth-order valence-electron chi connectivity index (χ4n) is 2.13. The molecule has 0 aliphatic heterocycles. The van der Waals surface area contributed by atoms with Crippen LogP contribution in [0.4, 0.5) is 0 Å². The molecule has 0 fully saturated rings. The molecule has 0 aliphatic carbocycles. The Bertz CT molecular complexity index is 788. The zero-order chi connectivity index (χ0) is 16.3. The highest BCUT2D eigenvalue weighted by Crippen LogP contribution is 2.24. The normalized spacial score (nSPS) is 11.5. The largest absolute Gasteiger partial charge is 0.496 e. The monoisotopic (exact) mass is 383 g/mol. The second kappa shape index (κ2) is 6.81. The van der Waals surface area contributed by atoms with E-state index in [1.54, 1.807) is 26.2 Å². The van der Waals surface area contributed by atoms with Crippen LogP contribution in [0.25, 0.3) is 0 Å². The highest BCUT2D eigenvalue weighted by atomic mass is 79.9. The molecule has 0 saturated heterocycles. The number of rotatable bonds is 5. The van der Waals surface area contributed by atoms with Gasteiger partial charge in [0, 0.05) is 16.6 Å². The minimum absolute atomic E-state index is 0.165. The highest BCUT2D eigenvalue weighted by Gasteiger charge is 2.17. The number of aryl methyl sites for hydroxylation is 2. The van der Waals surface area contributed by atoms with Crippen LogP contribution < -0.4 is 9.46 Å². The molecular formula is C16H18BrNO3S. The van der Waals surface area contributed by atoms with Gasteiger partial charge in [0.05, 0.1) is 12.0 Å². The Hall–Kier alpha value is -1.37. The maximum atomic E-state index is 12.5. The molecule has 0 atom stereocenters. The van der Waals surface area contributed by atoms with Crippen molar-refractivity contribution in [2.45, 2.75) is 25.3 Å². The van der Waals surface area contributed by atoms with Gasteiger partial charge in [0.2, 0.25) is 10.0 Å². The highest BCUT2D eigenvalue weighted by molar-refractivity contribution is 9.10. The summed E-state index contributed by atoms with van der Waals surface area (Å²) in [6, 6.07) is 10.9. The number of hydrogen-bond acceptors (Lipinski definition) is 3. The van der Waals surface area contributed by atoms with Crippen molar-refractivity contribution >= 4 is 26.0 Å². The van der Waals surface area contributed by atoms with Crippen molar-refractivity contribution in [2.75, 3.05) is 7.11 Å². The molecule has 118 valence electrons. The third kappa shape index (κ3) is 3.88. The molecule has 4 nitrogen and oxygen atoms in total. The summed E-state index contributed by atoms with van der Waals surface area (Å²) in [5.74, 6) is 0.645. The van der Waals surface area contributed by atoms with Gasteiger partial charge >= 0.3 is 0 Å². The third-order valence-electron chi connectivity index (χ3n) is 3.33. The minimum Gasteiger partial charge on any atom is -0.496 e. The number of benzene rings is 2. The maximum absolute atomic E-state index is 12.5. The second-order valence-corrected chi connectivity index (χ2v) is 7.70. The molecule has 0 bridgehead atoms. The Labute approximate surface area is 139 Å². The number of sulfonamides is 1. The molecule has 2 rings (SSSR count). The Balaban J connectivity index is 2.27. The first-order valence-corrected chi connectivity index (χ1v) is 9.00. The van der Waals surface area contributed by atoms with Crippen LogP contribution in [-0.2, 0) is 16.6 Å². The average Bonchev–Trinajstić information content (AvgIpc) is 2.48. The van der Waals surface area contributed by atoms with Crippen molar-refractivity contribution in [3.8, 4) is 5.75 Å². The minimum atomic E-state index is -3.57. The van der Waals surface area contributed by atoms with Gasteiger partial charge in [0.15, 0.2) is 0 Å². The smallest absolute Gasteiger partial charge is 0.241 e. The van der Waals surface area contributed by atoms with Crippen molar-refractivity contribution in [3.63, 3.8) is 0 Å². The summed E-state index contributed by atoms with van der Waals surface area (Å²) < 4.78 is 33.8. The zero-order valence-corrected chi connectivity index (χ0v) is 15.1. The van der Waals surface area contributed by atoms with E-state index < -0.39 is 10.0 Å². The predicted molar refractivity (Wildman–Crippen MR) is 90.6 cm³/mol. The van der Waals surface area contributed by atoms with Crippen molar-refractivity contribution < 1.29 is 13.2 Å². The van der Waals surface area contributed by atoms with Crippen LogP contribution in [0.2, 0.25) is 0 Å². The van der Waals surface area contributed by atoms with E-state index in [9.17, 15) is 8.42 Å². The molecule has 0 spiro atoms. The van der Waals surface area contributed by atoms with Crippen LogP contribution in [-0.4, -0.2) is 15.5 Å². The van der Waals surface area contributed by atoms with Gasteiger partial charge in [-0.25, -0.2) is 13.1 Å². The van der Waals surface area contributed by atoms with E-state index in [1.165, 1.54) is 0 Å². The van der Waals surface area contributed by atoms with Crippen LogP contribution in [0.5, 0.6) is 5.75 Å². The summed E-state index contributed by atoms with van der Waals surface area (Å²) >= 11 is 3.38. The van der Waals surface area contributed by atoms with E-state index in [2.05, 4.69) is 20.7 Å². The summed E-state index contributed by atoms with van der Waals surface area (Å²) in [7, 11) is -2.01. The summed E-state index contributed by atoms with van der Waals surface area (Å²) in [5, 5.41) is 0. The molecule has 2 aromatic rings. The first kappa shape index (κ1) is 17.0. The number of ether oxygens (including phenoxy) is 1. The number of nitrogens with one attached hydrogen (secondary N) is 1. The molecule has 1 N–H and O–H groups in total. The van der Waals surface area contributed by atoms with Gasteiger partial charge in [-0.15, -0.1) is 0 Å². The topological polar surface area (TPSA) is 55.4 Å². The Morgan fingerprint density at radius 2 is 1.86 bits per heavy atom. The first-order chi connectivity index (χ1) is 10.3. The van der Waals surface area contributed by atoms with E-state index in [4.69, 9.17) is 4.74 Å². The molecule has 2 aromatic carbocycles. The van der Waals surface area contributed by atoms with Crippen LogP contribution in [0.3, 0.4) is 0 Å². The van der Waals surface area contributed by atoms with Gasteiger partial charge in [-0.05, 0) is 49.2 Å². The van der Waals surface area contributed by atoms with Gasteiger partial charge in [0.25, 0.3) is 0 Å². The molecule has 22 heavy (non-hydrogen) atoms. The molecule has 0 saturated carbocycles. The van der Waals surface area contributed by atoms with E-state index >= 15 is 0 Å². The average molecular weight is 384 g/mol. The number of methoxy groups -OCH3 is 1. The molecule has 0 unspecified atom stereocenters. The lowest BCUT2D eigenvalue weighted by atomic mass is 10.2. The summed E-state index contributed by atoms with van der Waals surface area (Å²) in [6.45, 7) is 3.82. The fourth-order valence-corrected chi connectivity index (χ4v) is 3.88. The molecular weight excluding hydrogens is 366 g/mol. The summed E-state index contributed by atoms with van der Waals surface area (Å²) in [5.41, 5.74) is 2.40. The van der Waals surface area contributed by atoms with Crippen LogP contribution in [0.15, 0.2) is 45.8 Å². The van der Waals surface area contributed by atoms with Gasteiger partial charge < -0.3 is 4.74 Å². The van der Waals surface area contributed by atoms with Gasteiger partial charge in [0.1, 0.15) is 5.75 Å². The van der Waals surface area contributed by atoms with Gasteiger partial charge in [-0.1, -0.05) is 28.1 Å². The molecule has 0 amide bonds. The Morgan fingerprint density at radius 1 is 1.14 bits per heavy atom. The quantitative estimate of drug-likeness (QED) is 0.858. The van der Waals surface area contributed by atoms with Crippen molar-refractivity contribution in [1.82, 2.24) is 4.72 Å². The van der Waals surface area contributed by atoms with Crippen LogP contribution in [0.1, 0.15) is 16.7 Å². The summed E-state index contributed by atoms with van der Waals surface area (Å²) in [4.78, 5) is 0.307. The molecule has 0 aliphatic rings. The van der Waals surface area contributed by atoms with E-state index in [0.29, 0.717) is 10.6 Å². The second-order valence-electron chi connectivity index (χ2n) is 5.05. The standard InChI is InChI=1S/C16H18BrNO3S/c1-11-4-5-12(2)16(8-11)22(19,20)18-10-13-9-14(17)6-7-15(13)21-3/h4-9,18H,10H2,1-3H3. The lowest BCUT2D eigenvalue weighted by Gasteiger charge is -2.12. The fraction of sp³-hybridized carbons (Fsp3) is 0.250. The zero-order valence-electron chi connectivity index (χ0n) is 12.7.